The zero-order valence-corrected chi connectivity index (χ0v) is 15.9. The first kappa shape index (κ1) is 20.4. The molecule has 8 heteroatoms. The number of amides is 1. The van der Waals surface area contributed by atoms with E-state index in [-0.39, 0.29) is 29.2 Å². The van der Waals surface area contributed by atoms with Crippen LogP contribution in [0.3, 0.4) is 0 Å². The van der Waals surface area contributed by atoms with Gasteiger partial charge in [-0.25, -0.2) is 17.9 Å². The molecular weight excluding hydrogens is 356 g/mol. The van der Waals surface area contributed by atoms with Gasteiger partial charge in [-0.1, -0.05) is 26.0 Å². The van der Waals surface area contributed by atoms with Crippen molar-refractivity contribution in [3.8, 4) is 0 Å². The maximum absolute atomic E-state index is 12.1. The van der Waals surface area contributed by atoms with Crippen molar-refractivity contribution in [2.75, 3.05) is 0 Å². The maximum Gasteiger partial charge on any atom is 0.326 e. The summed E-state index contributed by atoms with van der Waals surface area (Å²) in [5, 5.41) is 11.7. The number of aryl methyl sites for hydroxylation is 1. The number of hydrogen-bond acceptors (Lipinski definition) is 4. The molecule has 0 spiro atoms. The average molecular weight is 382 g/mol. The van der Waals surface area contributed by atoms with Crippen LogP contribution >= 0.6 is 0 Å². The molecule has 1 aliphatic carbocycles. The molecule has 1 aliphatic rings. The Labute approximate surface area is 154 Å². The van der Waals surface area contributed by atoms with Gasteiger partial charge in [0.1, 0.15) is 6.04 Å². The van der Waals surface area contributed by atoms with Crippen LogP contribution in [0.2, 0.25) is 0 Å². The Morgan fingerprint density at radius 2 is 1.81 bits per heavy atom. The van der Waals surface area contributed by atoms with Crippen LogP contribution in [0.15, 0.2) is 29.2 Å². The summed E-state index contributed by atoms with van der Waals surface area (Å²) < 4.78 is 26.8. The Morgan fingerprint density at radius 3 is 2.31 bits per heavy atom. The van der Waals surface area contributed by atoms with E-state index in [1.807, 2.05) is 13.8 Å². The molecule has 0 aliphatic heterocycles. The second kappa shape index (κ2) is 8.64. The van der Waals surface area contributed by atoms with Crippen molar-refractivity contribution in [1.82, 2.24) is 10.0 Å². The van der Waals surface area contributed by atoms with Gasteiger partial charge in [0.25, 0.3) is 0 Å². The minimum atomic E-state index is -3.48. The van der Waals surface area contributed by atoms with Crippen molar-refractivity contribution >= 4 is 21.9 Å². The Morgan fingerprint density at radius 1 is 1.19 bits per heavy atom. The van der Waals surface area contributed by atoms with Crippen LogP contribution in [-0.4, -0.2) is 37.5 Å². The first-order chi connectivity index (χ1) is 12.2. The first-order valence-electron chi connectivity index (χ1n) is 8.81. The van der Waals surface area contributed by atoms with Gasteiger partial charge in [-0.05, 0) is 49.3 Å². The van der Waals surface area contributed by atoms with Crippen molar-refractivity contribution < 1.29 is 23.1 Å². The average Bonchev–Trinajstić information content (AvgIpc) is 3.35. The number of carbonyl (C=O) groups is 2. The van der Waals surface area contributed by atoms with E-state index in [1.165, 1.54) is 12.1 Å². The minimum Gasteiger partial charge on any atom is -0.480 e. The van der Waals surface area contributed by atoms with E-state index < -0.39 is 22.0 Å². The number of sulfonamides is 1. The largest absolute Gasteiger partial charge is 0.480 e. The van der Waals surface area contributed by atoms with Gasteiger partial charge < -0.3 is 10.4 Å². The second-order valence-corrected chi connectivity index (χ2v) is 8.84. The molecule has 26 heavy (non-hydrogen) atoms. The number of hydrogen-bond donors (Lipinski definition) is 3. The molecule has 0 saturated heterocycles. The molecule has 0 radical (unpaired) electrons. The maximum atomic E-state index is 12.1. The van der Waals surface area contributed by atoms with Crippen molar-refractivity contribution in [3.63, 3.8) is 0 Å². The summed E-state index contributed by atoms with van der Waals surface area (Å²) in [4.78, 5) is 23.4. The monoisotopic (exact) mass is 382 g/mol. The van der Waals surface area contributed by atoms with Gasteiger partial charge >= 0.3 is 5.97 Å². The molecule has 3 N–H and O–H groups in total. The van der Waals surface area contributed by atoms with Crippen molar-refractivity contribution in [2.45, 2.75) is 62.9 Å². The van der Waals surface area contributed by atoms with Crippen molar-refractivity contribution in [2.24, 2.45) is 5.92 Å². The Kier molecular flexibility index (Phi) is 6.77. The number of rotatable bonds is 10. The Bertz CT molecular complexity index is 739. The minimum absolute atomic E-state index is 0.0522. The lowest BCUT2D eigenvalue weighted by molar-refractivity contribution is -0.142. The van der Waals surface area contributed by atoms with Crippen molar-refractivity contribution in [1.29, 1.82) is 0 Å². The third-order valence-electron chi connectivity index (χ3n) is 4.11. The number of carbonyl (C=O) groups excluding carboxylic acids is 1. The van der Waals surface area contributed by atoms with Gasteiger partial charge in [-0.15, -0.1) is 0 Å². The molecule has 0 heterocycles. The summed E-state index contributed by atoms with van der Waals surface area (Å²) in [5.74, 6) is -1.20. The fourth-order valence-electron chi connectivity index (χ4n) is 2.54. The molecule has 0 aromatic heterocycles. The molecule has 1 aromatic carbocycles. The number of benzene rings is 1. The summed E-state index contributed by atoms with van der Waals surface area (Å²) in [6.07, 6.45) is 2.69. The highest BCUT2D eigenvalue weighted by Gasteiger charge is 2.27. The summed E-state index contributed by atoms with van der Waals surface area (Å²) in [6.45, 7) is 3.80. The molecule has 144 valence electrons. The van der Waals surface area contributed by atoms with E-state index in [0.29, 0.717) is 12.8 Å². The number of carboxylic acids is 1. The molecule has 2 rings (SSSR count). The second-order valence-electron chi connectivity index (χ2n) is 7.13. The third kappa shape index (κ3) is 6.42. The van der Waals surface area contributed by atoms with E-state index in [0.717, 1.165) is 18.4 Å². The van der Waals surface area contributed by atoms with Gasteiger partial charge in [-0.3, -0.25) is 4.79 Å². The van der Waals surface area contributed by atoms with Crippen LogP contribution in [0.5, 0.6) is 0 Å². The zero-order chi connectivity index (χ0) is 19.3. The molecule has 1 amide bonds. The molecule has 7 nitrogen and oxygen atoms in total. The lowest BCUT2D eigenvalue weighted by Gasteiger charge is -2.16. The summed E-state index contributed by atoms with van der Waals surface area (Å²) in [7, 11) is -3.48. The Balaban J connectivity index is 1.86. The summed E-state index contributed by atoms with van der Waals surface area (Å²) in [6, 6.07) is 5.57. The molecular formula is C18H26N2O5S. The predicted octanol–water partition coefficient (Wildman–Crippen LogP) is 1.68. The smallest absolute Gasteiger partial charge is 0.326 e. The van der Waals surface area contributed by atoms with Crippen LogP contribution < -0.4 is 10.0 Å². The third-order valence-corrected chi connectivity index (χ3v) is 5.65. The van der Waals surface area contributed by atoms with Crippen LogP contribution in [0.4, 0.5) is 0 Å². The molecule has 1 saturated carbocycles. The first-order valence-corrected chi connectivity index (χ1v) is 10.3. The van der Waals surface area contributed by atoms with Gasteiger partial charge in [0.15, 0.2) is 0 Å². The fraction of sp³-hybridized carbons (Fsp3) is 0.556. The van der Waals surface area contributed by atoms with Crippen LogP contribution in [-0.2, 0) is 26.0 Å². The van der Waals surface area contributed by atoms with Crippen LogP contribution in [0.1, 0.15) is 45.1 Å². The fourth-order valence-corrected chi connectivity index (χ4v) is 3.85. The number of nitrogens with one attached hydrogen (secondary N) is 2. The van der Waals surface area contributed by atoms with E-state index in [1.54, 1.807) is 12.1 Å². The van der Waals surface area contributed by atoms with E-state index in [2.05, 4.69) is 10.0 Å². The standard InChI is InChI=1S/C18H26N2O5S/c1-12(2)11-16(18(22)23)19-17(21)10-5-13-3-8-15(9-4-13)26(24,25)20-14-6-7-14/h3-4,8-9,12,14,16,20H,5-7,10-11H2,1-2H3,(H,19,21)(H,22,23). The van der Waals surface area contributed by atoms with Crippen LogP contribution in [0, 0.1) is 5.92 Å². The van der Waals surface area contributed by atoms with Gasteiger partial charge in [0, 0.05) is 12.5 Å². The quantitative estimate of drug-likeness (QED) is 0.570. The molecule has 1 unspecified atom stereocenters. The molecule has 1 aromatic rings. The topological polar surface area (TPSA) is 113 Å². The lowest BCUT2D eigenvalue weighted by atomic mass is 10.0. The molecule has 1 fully saturated rings. The lowest BCUT2D eigenvalue weighted by Crippen LogP contribution is -2.41. The highest BCUT2D eigenvalue weighted by Crippen LogP contribution is 2.22. The summed E-state index contributed by atoms with van der Waals surface area (Å²) >= 11 is 0. The van der Waals surface area contributed by atoms with E-state index >= 15 is 0 Å². The number of aliphatic carboxylic acids is 1. The van der Waals surface area contributed by atoms with Gasteiger partial charge in [-0.2, -0.15) is 0 Å². The SMILES string of the molecule is CC(C)CC(NC(=O)CCc1ccc(S(=O)(=O)NC2CC2)cc1)C(=O)O. The molecule has 1 atom stereocenters. The van der Waals surface area contributed by atoms with Gasteiger partial charge in [0.05, 0.1) is 4.90 Å². The zero-order valence-electron chi connectivity index (χ0n) is 15.1. The van der Waals surface area contributed by atoms with E-state index in [4.69, 9.17) is 5.11 Å². The molecule has 0 bridgehead atoms. The highest BCUT2D eigenvalue weighted by atomic mass is 32.2. The Hall–Kier alpha value is -1.93. The highest BCUT2D eigenvalue weighted by molar-refractivity contribution is 7.89. The van der Waals surface area contributed by atoms with E-state index in [9.17, 15) is 18.0 Å². The van der Waals surface area contributed by atoms with Gasteiger partial charge in [0.2, 0.25) is 15.9 Å². The predicted molar refractivity (Wildman–Crippen MR) is 97.1 cm³/mol. The normalized spacial score (nSPS) is 15.7. The van der Waals surface area contributed by atoms with Crippen LogP contribution in [0.25, 0.3) is 0 Å². The summed E-state index contributed by atoms with van der Waals surface area (Å²) in [5.41, 5.74) is 0.821. The number of carboxylic acid groups (broad SMARTS) is 1. The van der Waals surface area contributed by atoms with Crippen molar-refractivity contribution in [3.05, 3.63) is 29.8 Å².